The van der Waals surface area contributed by atoms with Crippen molar-refractivity contribution in [3.8, 4) is 5.75 Å². The highest BCUT2D eigenvalue weighted by Crippen LogP contribution is 2.26. The van der Waals surface area contributed by atoms with E-state index < -0.39 is 11.7 Å². The number of primary amides is 1. The van der Waals surface area contributed by atoms with Gasteiger partial charge in [-0.1, -0.05) is 12.1 Å². The summed E-state index contributed by atoms with van der Waals surface area (Å²) in [5, 5.41) is 0. The van der Waals surface area contributed by atoms with Crippen LogP contribution in [0, 0.1) is 0 Å². The number of carbonyl (C=O) groups is 2. The number of hydrogen-bond acceptors (Lipinski definition) is 4. The third-order valence-corrected chi connectivity index (χ3v) is 3.02. The van der Waals surface area contributed by atoms with Crippen molar-refractivity contribution in [2.75, 3.05) is 6.61 Å². The van der Waals surface area contributed by atoms with Gasteiger partial charge in [0.05, 0.1) is 6.61 Å². The molecule has 0 saturated carbocycles. The molecule has 1 aromatic carbocycles. The highest BCUT2D eigenvalue weighted by molar-refractivity contribution is 6.40. The number of carbonyl (C=O) groups excluding carboxylic acids is 2. The van der Waals surface area contributed by atoms with Crippen molar-refractivity contribution < 1.29 is 14.3 Å². The van der Waals surface area contributed by atoms with Crippen LogP contribution in [0.1, 0.15) is 17.5 Å². The van der Waals surface area contributed by atoms with Gasteiger partial charge >= 0.3 is 0 Å². The van der Waals surface area contributed by atoms with Gasteiger partial charge in [-0.15, -0.1) is 0 Å². The fourth-order valence-corrected chi connectivity index (χ4v) is 2.00. The molecule has 0 atom stereocenters. The first-order valence-electron chi connectivity index (χ1n) is 6.10. The summed E-state index contributed by atoms with van der Waals surface area (Å²) >= 11 is 0. The van der Waals surface area contributed by atoms with Gasteiger partial charge in [-0.2, -0.15) is 0 Å². The SMILES string of the molecule is NC(=O)C(=O)/C=C(\N)CCc1ccc2c(c1)CCO2. The zero-order valence-corrected chi connectivity index (χ0v) is 10.5. The zero-order valence-electron chi connectivity index (χ0n) is 10.5. The monoisotopic (exact) mass is 260 g/mol. The molecule has 1 aliphatic heterocycles. The van der Waals surface area contributed by atoms with Gasteiger partial charge in [-0.3, -0.25) is 9.59 Å². The van der Waals surface area contributed by atoms with E-state index in [0.29, 0.717) is 18.5 Å². The Morgan fingerprint density at radius 3 is 2.84 bits per heavy atom. The maximum absolute atomic E-state index is 11.1. The molecule has 0 radical (unpaired) electrons. The summed E-state index contributed by atoms with van der Waals surface area (Å²) in [6, 6.07) is 6.02. The topological polar surface area (TPSA) is 95.4 Å². The molecule has 2 rings (SSSR count). The molecule has 0 bridgehead atoms. The van der Waals surface area contributed by atoms with Gasteiger partial charge in [0, 0.05) is 18.2 Å². The van der Waals surface area contributed by atoms with Crippen LogP contribution in [0.15, 0.2) is 30.0 Å². The molecule has 19 heavy (non-hydrogen) atoms. The number of ketones is 1. The lowest BCUT2D eigenvalue weighted by Gasteiger charge is -2.04. The lowest BCUT2D eigenvalue weighted by Crippen LogP contribution is -2.22. The number of rotatable bonds is 5. The largest absolute Gasteiger partial charge is 0.493 e. The third kappa shape index (κ3) is 3.34. The molecule has 0 saturated heterocycles. The van der Waals surface area contributed by atoms with Crippen molar-refractivity contribution in [2.45, 2.75) is 19.3 Å². The molecule has 0 fully saturated rings. The van der Waals surface area contributed by atoms with Crippen LogP contribution in [0.5, 0.6) is 5.75 Å². The fraction of sp³-hybridized carbons (Fsp3) is 0.286. The quantitative estimate of drug-likeness (QED) is 0.593. The fourth-order valence-electron chi connectivity index (χ4n) is 2.00. The van der Waals surface area contributed by atoms with Crippen molar-refractivity contribution in [3.63, 3.8) is 0 Å². The first-order valence-corrected chi connectivity index (χ1v) is 6.10. The summed E-state index contributed by atoms with van der Waals surface area (Å²) in [4.78, 5) is 21.7. The normalized spacial score (nSPS) is 13.8. The standard InChI is InChI=1S/C14H16N2O3/c15-11(8-12(17)14(16)18)3-1-9-2-4-13-10(7-9)5-6-19-13/h2,4,7-8H,1,3,5-6,15H2,(H2,16,18)/b11-8-. The van der Waals surface area contributed by atoms with Gasteiger partial charge in [0.2, 0.25) is 5.78 Å². The summed E-state index contributed by atoms with van der Waals surface area (Å²) < 4.78 is 5.43. The summed E-state index contributed by atoms with van der Waals surface area (Å²) in [6.45, 7) is 0.730. The number of aryl methyl sites for hydroxylation is 1. The van der Waals surface area contributed by atoms with Gasteiger partial charge in [0.25, 0.3) is 5.91 Å². The van der Waals surface area contributed by atoms with Gasteiger partial charge in [0.1, 0.15) is 5.75 Å². The van der Waals surface area contributed by atoms with Gasteiger partial charge in [0.15, 0.2) is 0 Å². The molecular weight excluding hydrogens is 244 g/mol. The molecule has 0 aromatic heterocycles. The Morgan fingerprint density at radius 2 is 2.11 bits per heavy atom. The Hall–Kier alpha value is -2.30. The van der Waals surface area contributed by atoms with Crippen LogP contribution in [-0.2, 0) is 22.4 Å². The van der Waals surface area contributed by atoms with E-state index in [9.17, 15) is 9.59 Å². The van der Waals surface area contributed by atoms with Crippen molar-refractivity contribution in [3.05, 3.63) is 41.1 Å². The second-order valence-corrected chi connectivity index (χ2v) is 4.49. The Kier molecular flexibility index (Phi) is 3.85. The predicted octanol–water partition coefficient (Wildman–Crippen LogP) is 0.451. The van der Waals surface area contributed by atoms with Crippen LogP contribution < -0.4 is 16.2 Å². The Balaban J connectivity index is 1.95. The number of benzene rings is 1. The molecule has 0 unspecified atom stereocenters. The lowest BCUT2D eigenvalue weighted by atomic mass is 10.0. The van der Waals surface area contributed by atoms with Crippen molar-refractivity contribution in [1.82, 2.24) is 0 Å². The maximum atomic E-state index is 11.1. The Bertz CT molecular complexity index is 550. The number of hydrogen-bond donors (Lipinski definition) is 2. The minimum absolute atomic E-state index is 0.362. The molecule has 5 nitrogen and oxygen atoms in total. The van der Waals surface area contributed by atoms with Crippen LogP contribution in [0.4, 0.5) is 0 Å². The van der Waals surface area contributed by atoms with Crippen molar-refractivity contribution >= 4 is 11.7 Å². The van der Waals surface area contributed by atoms with Crippen molar-refractivity contribution in [1.29, 1.82) is 0 Å². The molecule has 1 heterocycles. The number of amides is 1. The second kappa shape index (κ2) is 5.56. The van der Waals surface area contributed by atoms with E-state index in [-0.39, 0.29) is 0 Å². The van der Waals surface area contributed by atoms with Crippen LogP contribution in [0.3, 0.4) is 0 Å². The predicted molar refractivity (Wildman–Crippen MR) is 70.4 cm³/mol. The molecule has 100 valence electrons. The smallest absolute Gasteiger partial charge is 0.289 e. The summed E-state index contributed by atoms with van der Waals surface area (Å²) in [5.74, 6) is -0.811. The molecule has 0 aliphatic carbocycles. The van der Waals surface area contributed by atoms with E-state index in [1.165, 1.54) is 5.56 Å². The summed E-state index contributed by atoms with van der Waals surface area (Å²) in [6.07, 6.45) is 3.24. The van der Waals surface area contributed by atoms with E-state index in [2.05, 4.69) is 6.07 Å². The first kappa shape index (κ1) is 13.1. The highest BCUT2D eigenvalue weighted by atomic mass is 16.5. The average molecular weight is 260 g/mol. The Morgan fingerprint density at radius 1 is 1.32 bits per heavy atom. The minimum atomic E-state index is -0.988. The molecule has 1 amide bonds. The Labute approximate surface area is 111 Å². The summed E-state index contributed by atoms with van der Waals surface area (Å²) in [7, 11) is 0. The second-order valence-electron chi connectivity index (χ2n) is 4.49. The molecule has 1 aliphatic rings. The maximum Gasteiger partial charge on any atom is 0.289 e. The van der Waals surface area contributed by atoms with Gasteiger partial charge in [-0.25, -0.2) is 0 Å². The van der Waals surface area contributed by atoms with E-state index in [1.807, 2.05) is 12.1 Å². The van der Waals surface area contributed by atoms with E-state index in [1.54, 1.807) is 0 Å². The number of ether oxygens (including phenoxy) is 1. The average Bonchev–Trinajstić information content (AvgIpc) is 2.83. The molecule has 1 aromatic rings. The van der Waals surface area contributed by atoms with E-state index in [0.717, 1.165) is 30.4 Å². The number of fused-ring (bicyclic) bond motifs is 1. The molecule has 4 N–H and O–H groups in total. The van der Waals surface area contributed by atoms with E-state index >= 15 is 0 Å². The van der Waals surface area contributed by atoms with Gasteiger partial charge < -0.3 is 16.2 Å². The minimum Gasteiger partial charge on any atom is -0.493 e. The molecule has 5 heteroatoms. The van der Waals surface area contributed by atoms with Crippen LogP contribution >= 0.6 is 0 Å². The zero-order chi connectivity index (χ0) is 13.8. The third-order valence-electron chi connectivity index (χ3n) is 3.02. The molecular formula is C14H16N2O3. The van der Waals surface area contributed by atoms with Gasteiger partial charge in [-0.05, 0) is 30.0 Å². The van der Waals surface area contributed by atoms with Crippen LogP contribution in [0.2, 0.25) is 0 Å². The van der Waals surface area contributed by atoms with Crippen LogP contribution in [0.25, 0.3) is 0 Å². The van der Waals surface area contributed by atoms with Crippen LogP contribution in [-0.4, -0.2) is 18.3 Å². The summed E-state index contributed by atoms with van der Waals surface area (Å²) in [5.41, 5.74) is 13.2. The number of allylic oxidation sites excluding steroid dienone is 1. The molecule has 0 spiro atoms. The van der Waals surface area contributed by atoms with Crippen molar-refractivity contribution in [2.24, 2.45) is 11.5 Å². The number of nitrogens with two attached hydrogens (primary N) is 2. The lowest BCUT2D eigenvalue weighted by molar-refractivity contribution is -0.133. The first-order chi connectivity index (χ1) is 9.06. The highest BCUT2D eigenvalue weighted by Gasteiger charge is 2.12. The van der Waals surface area contributed by atoms with E-state index in [4.69, 9.17) is 16.2 Å².